The van der Waals surface area contributed by atoms with Gasteiger partial charge in [-0.25, -0.2) is 4.98 Å². The zero-order valence-corrected chi connectivity index (χ0v) is 22.0. The van der Waals surface area contributed by atoms with Crippen LogP contribution in [0.1, 0.15) is 32.0 Å². The van der Waals surface area contributed by atoms with E-state index in [0.717, 1.165) is 22.4 Å². The molecule has 2 aromatic carbocycles. The molecule has 0 saturated carbocycles. The van der Waals surface area contributed by atoms with Crippen LogP contribution in [0.25, 0.3) is 22.5 Å². The first-order valence-corrected chi connectivity index (χ1v) is 12.8. The van der Waals surface area contributed by atoms with E-state index in [1.165, 1.54) is 31.3 Å². The standard InChI is InChI=1S/C27H24F6N2O3S/c1-15-12-20(19-10-11-34-23(19)35(15)36)21-14-18(39(37)24(26(28,29)30)27(31,32)33)8-9-22(21)38-17-7-5-6-16(13-17)25(2,3)4/h5-14,24,36H,1-4H3. The Labute approximate surface area is 222 Å². The highest BCUT2D eigenvalue weighted by Crippen LogP contribution is 2.44. The van der Waals surface area contributed by atoms with Gasteiger partial charge in [-0.1, -0.05) is 32.9 Å². The summed E-state index contributed by atoms with van der Waals surface area (Å²) in [5.41, 5.74) is 1.71. The lowest BCUT2D eigenvalue weighted by Crippen LogP contribution is -2.45. The molecule has 0 bridgehead atoms. The first kappa shape index (κ1) is 28.5. The van der Waals surface area contributed by atoms with Gasteiger partial charge in [0, 0.05) is 22.2 Å². The number of ether oxygens (including phenoxy) is 1. The van der Waals surface area contributed by atoms with E-state index >= 15 is 0 Å². The number of rotatable bonds is 5. The van der Waals surface area contributed by atoms with E-state index in [9.17, 15) is 35.8 Å². The van der Waals surface area contributed by atoms with Gasteiger partial charge in [0.05, 0.1) is 16.5 Å². The van der Waals surface area contributed by atoms with Crippen molar-refractivity contribution in [1.29, 1.82) is 0 Å². The summed E-state index contributed by atoms with van der Waals surface area (Å²) in [6.07, 6.45) is -10.2. The number of nitrogens with zero attached hydrogens (tertiary/aromatic N) is 2. The monoisotopic (exact) mass is 570 g/mol. The van der Waals surface area contributed by atoms with Crippen LogP contribution in [0.2, 0.25) is 0 Å². The van der Waals surface area contributed by atoms with Crippen LogP contribution >= 0.6 is 0 Å². The molecule has 1 N–H and O–H groups in total. The fourth-order valence-electron chi connectivity index (χ4n) is 4.09. The molecule has 0 radical (unpaired) electrons. The van der Waals surface area contributed by atoms with Gasteiger partial charge in [-0.3, -0.25) is 4.21 Å². The lowest BCUT2D eigenvalue weighted by molar-refractivity contribution is -0.225. The van der Waals surface area contributed by atoms with Crippen molar-refractivity contribution >= 4 is 10.8 Å². The molecule has 2 aromatic rings. The predicted molar refractivity (Wildman–Crippen MR) is 134 cm³/mol. The number of hydrogen-bond acceptors (Lipinski definition) is 4. The second kappa shape index (κ2) is 9.89. The lowest BCUT2D eigenvalue weighted by Gasteiger charge is -2.23. The molecule has 0 fully saturated rings. The molecule has 1 unspecified atom stereocenters. The molecule has 2 aliphatic heterocycles. The molecule has 1 atom stereocenters. The second-order valence-corrected chi connectivity index (χ2v) is 11.5. The summed E-state index contributed by atoms with van der Waals surface area (Å²) in [6.45, 7) is 7.52. The van der Waals surface area contributed by atoms with Crippen molar-refractivity contribution in [2.45, 2.75) is 55.6 Å². The Bertz CT molecular complexity index is 1490. The molecule has 4 rings (SSSR count). The highest BCUT2D eigenvalue weighted by Gasteiger charge is 2.60. The molecule has 208 valence electrons. The van der Waals surface area contributed by atoms with Gasteiger partial charge < -0.3 is 9.94 Å². The van der Waals surface area contributed by atoms with Gasteiger partial charge in [-0.15, -0.1) is 0 Å². The molecule has 12 heteroatoms. The van der Waals surface area contributed by atoms with Crippen molar-refractivity contribution in [1.82, 2.24) is 9.71 Å². The van der Waals surface area contributed by atoms with Crippen molar-refractivity contribution in [3.8, 4) is 34.0 Å². The molecule has 5 nitrogen and oxygen atoms in total. The van der Waals surface area contributed by atoms with Crippen LogP contribution in [0.4, 0.5) is 26.3 Å². The normalized spacial score (nSPS) is 13.7. The lowest BCUT2D eigenvalue weighted by atomic mass is 9.87. The number of aryl methyl sites for hydroxylation is 1. The molecule has 0 amide bonds. The maximum Gasteiger partial charge on any atom is 0.412 e. The molecule has 0 aliphatic carbocycles. The van der Waals surface area contributed by atoms with Gasteiger partial charge in [-0.2, -0.15) is 31.1 Å². The highest BCUT2D eigenvalue weighted by molar-refractivity contribution is 7.85. The van der Waals surface area contributed by atoms with Crippen LogP contribution in [0, 0.1) is 6.92 Å². The number of benzene rings is 2. The van der Waals surface area contributed by atoms with E-state index in [1.807, 2.05) is 26.8 Å². The molecule has 0 spiro atoms. The van der Waals surface area contributed by atoms with E-state index in [0.29, 0.717) is 16.9 Å². The zero-order valence-electron chi connectivity index (χ0n) is 21.2. The number of pyridine rings is 1. The average Bonchev–Trinajstić information content (AvgIpc) is 3.30. The van der Waals surface area contributed by atoms with Gasteiger partial charge in [0.15, 0.2) is 5.82 Å². The van der Waals surface area contributed by atoms with Gasteiger partial charge in [0.2, 0.25) is 5.25 Å². The summed E-state index contributed by atoms with van der Waals surface area (Å²) in [6, 6.07) is 13.2. The number of fused-ring (bicyclic) bond motifs is 1. The zero-order chi connectivity index (χ0) is 28.9. The highest BCUT2D eigenvalue weighted by atomic mass is 32.2. The Balaban J connectivity index is 1.91. The van der Waals surface area contributed by atoms with Crippen LogP contribution in [0.5, 0.6) is 11.5 Å². The number of alkyl halides is 6. The van der Waals surface area contributed by atoms with E-state index in [2.05, 4.69) is 4.98 Å². The number of hydrogen-bond donors (Lipinski definition) is 1. The maximum absolute atomic E-state index is 13.4. The molecular formula is C27H24F6N2O3S. The largest absolute Gasteiger partial charge is 0.457 e. The van der Waals surface area contributed by atoms with E-state index in [1.54, 1.807) is 18.2 Å². The minimum Gasteiger partial charge on any atom is -0.457 e. The van der Waals surface area contributed by atoms with E-state index in [4.69, 9.17) is 4.74 Å². The van der Waals surface area contributed by atoms with Gasteiger partial charge in [-0.05, 0) is 65.9 Å². The molecular weight excluding hydrogens is 546 g/mol. The summed E-state index contributed by atoms with van der Waals surface area (Å²) in [5.74, 6) is 0.582. The predicted octanol–water partition coefficient (Wildman–Crippen LogP) is 7.89. The Morgan fingerprint density at radius 1 is 0.897 bits per heavy atom. The Kier molecular flexibility index (Phi) is 7.22. The van der Waals surface area contributed by atoms with Crippen LogP contribution in [0.15, 0.2) is 65.7 Å². The van der Waals surface area contributed by atoms with Gasteiger partial charge in [0.25, 0.3) is 0 Å². The van der Waals surface area contributed by atoms with Crippen LogP contribution in [0.3, 0.4) is 0 Å². The SMILES string of the molecule is Cc1cc(-c2cc(S(=O)C(C(F)(F)F)C(F)(F)F)ccc2Oc2cccc(C(C)(C)C)c2)c2ccnc-2n1O. The Hall–Kier alpha value is -3.54. The van der Waals surface area contributed by atoms with Crippen molar-refractivity contribution in [2.24, 2.45) is 0 Å². The van der Waals surface area contributed by atoms with Crippen molar-refractivity contribution in [2.75, 3.05) is 0 Å². The summed E-state index contributed by atoms with van der Waals surface area (Å²) < 4.78 is 99.8. The molecule has 39 heavy (non-hydrogen) atoms. The number of halogens is 6. The van der Waals surface area contributed by atoms with E-state index in [-0.39, 0.29) is 28.2 Å². The average molecular weight is 571 g/mol. The van der Waals surface area contributed by atoms with Gasteiger partial charge in [0.1, 0.15) is 11.5 Å². The van der Waals surface area contributed by atoms with Crippen LogP contribution < -0.4 is 4.74 Å². The first-order chi connectivity index (χ1) is 18.0. The maximum atomic E-state index is 13.4. The van der Waals surface area contributed by atoms with Crippen molar-refractivity contribution < 1.29 is 40.5 Å². The fraction of sp³-hybridized carbons (Fsp3) is 0.296. The molecule has 2 aliphatic rings. The summed E-state index contributed by atoms with van der Waals surface area (Å²) in [4.78, 5) is 3.39. The summed E-state index contributed by atoms with van der Waals surface area (Å²) in [7, 11) is -3.52. The molecule has 0 aromatic heterocycles. The summed E-state index contributed by atoms with van der Waals surface area (Å²) in [5, 5.41) is 6.27. The van der Waals surface area contributed by atoms with Crippen LogP contribution in [-0.2, 0) is 16.2 Å². The van der Waals surface area contributed by atoms with Crippen LogP contribution in [-0.4, -0.2) is 36.7 Å². The second-order valence-electron chi connectivity index (χ2n) is 9.99. The Morgan fingerprint density at radius 3 is 2.18 bits per heavy atom. The number of aromatic nitrogens is 2. The Morgan fingerprint density at radius 2 is 1.56 bits per heavy atom. The fourth-order valence-corrected chi connectivity index (χ4v) is 5.29. The summed E-state index contributed by atoms with van der Waals surface area (Å²) >= 11 is 0. The van der Waals surface area contributed by atoms with E-state index < -0.39 is 33.3 Å². The van der Waals surface area contributed by atoms with Crippen molar-refractivity contribution in [3.05, 3.63) is 72.1 Å². The molecule has 2 heterocycles. The first-order valence-electron chi connectivity index (χ1n) is 11.6. The third-order valence-corrected chi connectivity index (χ3v) is 7.75. The topological polar surface area (TPSA) is 64.3 Å². The minimum atomic E-state index is -5.79. The van der Waals surface area contributed by atoms with Crippen molar-refractivity contribution in [3.63, 3.8) is 0 Å². The minimum absolute atomic E-state index is 0.0758. The third kappa shape index (κ3) is 5.75. The smallest absolute Gasteiger partial charge is 0.412 e. The van der Waals surface area contributed by atoms with Gasteiger partial charge >= 0.3 is 12.4 Å². The third-order valence-electron chi connectivity index (χ3n) is 6.07. The quantitative estimate of drug-likeness (QED) is 0.196. The molecule has 0 saturated heterocycles.